The summed E-state index contributed by atoms with van der Waals surface area (Å²) in [7, 11) is -1.38. The van der Waals surface area contributed by atoms with E-state index < -0.39 is 16.1 Å². The summed E-state index contributed by atoms with van der Waals surface area (Å²) in [6, 6.07) is -0.463. The molecule has 0 saturated carbocycles. The lowest BCUT2D eigenvalue weighted by atomic mass is 10.1. The van der Waals surface area contributed by atoms with Crippen LogP contribution in [0.25, 0.3) is 0 Å². The molecule has 0 aromatic rings. The highest BCUT2D eigenvalue weighted by Gasteiger charge is 2.41. The lowest BCUT2D eigenvalue weighted by Crippen LogP contribution is -2.47. The number of hydrogen-bond donors (Lipinski definition) is 1. The molecule has 0 bridgehead atoms. The molecule has 2 fully saturated rings. The third-order valence-electron chi connectivity index (χ3n) is 4.69. The van der Waals surface area contributed by atoms with Crippen LogP contribution >= 0.6 is 12.4 Å². The average Bonchev–Trinajstić information content (AvgIpc) is 3.14. The number of rotatable bonds is 7. The first-order chi connectivity index (χ1) is 10.5. The van der Waals surface area contributed by atoms with Crippen molar-refractivity contribution in [2.45, 2.75) is 45.1 Å². The minimum Gasteiger partial charge on any atom is -0.341 e. The lowest BCUT2D eigenvalue weighted by molar-refractivity contribution is -0.133. The highest BCUT2D eigenvalue weighted by molar-refractivity contribution is 7.89. The normalized spacial score (nSPS) is 25.6. The molecule has 2 aliphatic heterocycles. The van der Waals surface area contributed by atoms with Crippen LogP contribution in [-0.2, 0) is 14.8 Å². The Kier molecular flexibility index (Phi) is 8.27. The average molecular weight is 368 g/mol. The van der Waals surface area contributed by atoms with Gasteiger partial charge in [-0.25, -0.2) is 8.42 Å². The number of hydrogen-bond acceptors (Lipinski definition) is 4. The first kappa shape index (κ1) is 20.7. The Balaban J connectivity index is 0.00000264. The molecule has 6 nitrogen and oxygen atoms in total. The smallest absolute Gasteiger partial charge is 0.241 e. The number of nitrogens with zero attached hydrogens (tertiary/aromatic N) is 2. The monoisotopic (exact) mass is 367 g/mol. The van der Waals surface area contributed by atoms with Gasteiger partial charge in [-0.3, -0.25) is 4.79 Å². The third kappa shape index (κ3) is 5.05. The maximum absolute atomic E-state index is 12.7. The van der Waals surface area contributed by atoms with Crippen molar-refractivity contribution in [3.05, 3.63) is 0 Å². The molecule has 0 aromatic carbocycles. The number of nitrogens with one attached hydrogen (secondary N) is 1. The Morgan fingerprint density at radius 1 is 1.26 bits per heavy atom. The Labute approximate surface area is 146 Å². The molecule has 2 heterocycles. The molecule has 23 heavy (non-hydrogen) atoms. The van der Waals surface area contributed by atoms with Gasteiger partial charge in [-0.2, -0.15) is 4.31 Å². The largest absolute Gasteiger partial charge is 0.341 e. The van der Waals surface area contributed by atoms with E-state index in [2.05, 4.69) is 5.32 Å². The van der Waals surface area contributed by atoms with Crippen molar-refractivity contribution in [1.82, 2.24) is 14.5 Å². The van der Waals surface area contributed by atoms with Crippen LogP contribution in [0.2, 0.25) is 0 Å². The Morgan fingerprint density at radius 3 is 2.65 bits per heavy atom. The fraction of sp³-hybridized carbons (Fsp3) is 0.933. The second-order valence-electron chi connectivity index (χ2n) is 6.43. The summed E-state index contributed by atoms with van der Waals surface area (Å²) in [4.78, 5) is 14.6. The van der Waals surface area contributed by atoms with Crippen LogP contribution in [0.5, 0.6) is 0 Å². The lowest BCUT2D eigenvalue weighted by Gasteiger charge is -2.27. The summed E-state index contributed by atoms with van der Waals surface area (Å²) in [6.45, 7) is 4.89. The second-order valence-corrected chi connectivity index (χ2v) is 8.48. The topological polar surface area (TPSA) is 69.7 Å². The van der Waals surface area contributed by atoms with Gasteiger partial charge in [0.25, 0.3) is 0 Å². The molecule has 2 aliphatic rings. The van der Waals surface area contributed by atoms with Gasteiger partial charge in [-0.15, -0.1) is 12.4 Å². The van der Waals surface area contributed by atoms with Gasteiger partial charge in [-0.1, -0.05) is 13.3 Å². The molecule has 0 aromatic heterocycles. The van der Waals surface area contributed by atoms with E-state index in [0.717, 1.165) is 38.9 Å². The third-order valence-corrected chi connectivity index (χ3v) is 6.65. The predicted octanol–water partition coefficient (Wildman–Crippen LogP) is 1.07. The number of carbonyl (C=O) groups excluding carboxylic acids is 1. The van der Waals surface area contributed by atoms with Crippen LogP contribution in [0.4, 0.5) is 0 Å². The summed E-state index contributed by atoms with van der Waals surface area (Å²) in [5, 5.41) is 3.15. The zero-order valence-electron chi connectivity index (χ0n) is 14.2. The number of unbranched alkanes of at least 4 members (excludes halogenated alkanes) is 1. The van der Waals surface area contributed by atoms with Gasteiger partial charge < -0.3 is 10.2 Å². The Morgan fingerprint density at radius 2 is 2.00 bits per heavy atom. The van der Waals surface area contributed by atoms with Crippen LogP contribution in [-0.4, -0.2) is 68.6 Å². The molecular formula is C15H30ClN3O3S. The van der Waals surface area contributed by atoms with Gasteiger partial charge in [0, 0.05) is 19.6 Å². The number of halogens is 1. The number of carbonyl (C=O) groups is 1. The predicted molar refractivity (Wildman–Crippen MR) is 94.3 cm³/mol. The number of likely N-dealkylation sites (tertiary alicyclic amines) is 1. The van der Waals surface area contributed by atoms with E-state index in [0.29, 0.717) is 25.3 Å². The summed E-state index contributed by atoms with van der Waals surface area (Å²) >= 11 is 0. The van der Waals surface area contributed by atoms with Gasteiger partial charge in [0.05, 0.1) is 5.75 Å². The van der Waals surface area contributed by atoms with Crippen molar-refractivity contribution < 1.29 is 13.2 Å². The highest BCUT2D eigenvalue weighted by atomic mass is 35.5. The molecular weight excluding hydrogens is 338 g/mol. The minimum atomic E-state index is -3.30. The molecule has 1 N–H and O–H groups in total. The molecule has 2 saturated heterocycles. The first-order valence-electron chi connectivity index (χ1n) is 8.42. The number of amides is 1. The van der Waals surface area contributed by atoms with Crippen LogP contribution < -0.4 is 5.32 Å². The molecule has 2 unspecified atom stereocenters. The van der Waals surface area contributed by atoms with Crippen LogP contribution in [0, 0.1) is 5.92 Å². The minimum absolute atomic E-state index is 0. The molecule has 0 radical (unpaired) electrons. The van der Waals surface area contributed by atoms with E-state index in [4.69, 9.17) is 0 Å². The van der Waals surface area contributed by atoms with Crippen LogP contribution in [0.15, 0.2) is 0 Å². The molecule has 0 spiro atoms. The molecule has 2 rings (SSSR count). The molecule has 136 valence electrons. The maximum Gasteiger partial charge on any atom is 0.241 e. The van der Waals surface area contributed by atoms with Crippen molar-refractivity contribution in [1.29, 1.82) is 0 Å². The molecule has 1 amide bonds. The summed E-state index contributed by atoms with van der Waals surface area (Å²) in [6.07, 6.45) is 3.96. The zero-order valence-corrected chi connectivity index (χ0v) is 15.8. The van der Waals surface area contributed by atoms with Gasteiger partial charge in [0.2, 0.25) is 15.9 Å². The Hall–Kier alpha value is -0.370. The van der Waals surface area contributed by atoms with Crippen LogP contribution in [0.1, 0.15) is 39.0 Å². The summed E-state index contributed by atoms with van der Waals surface area (Å²) in [5.41, 5.74) is 0. The summed E-state index contributed by atoms with van der Waals surface area (Å²) in [5.74, 6) is 0.659. The molecule has 8 heteroatoms. The van der Waals surface area contributed by atoms with Crippen molar-refractivity contribution in [3.8, 4) is 0 Å². The van der Waals surface area contributed by atoms with Gasteiger partial charge >= 0.3 is 0 Å². The first-order valence-corrected chi connectivity index (χ1v) is 10.0. The van der Waals surface area contributed by atoms with Crippen LogP contribution in [0.3, 0.4) is 0 Å². The van der Waals surface area contributed by atoms with Gasteiger partial charge in [0.1, 0.15) is 6.04 Å². The standard InChI is InChI=1S/C15H29N3O3S.ClH/c1-3-4-10-22(20,21)18-8-5-6-14(18)15(19)17-9-7-13(12-17)11-16-2;/h13-14,16H,3-12H2,1-2H3;1H. The Bertz CT molecular complexity index is 486. The number of sulfonamides is 1. The quantitative estimate of drug-likeness (QED) is 0.730. The second kappa shape index (κ2) is 9.20. The van der Waals surface area contributed by atoms with Crippen molar-refractivity contribution in [2.24, 2.45) is 5.92 Å². The van der Waals surface area contributed by atoms with E-state index in [1.165, 1.54) is 4.31 Å². The SMILES string of the molecule is CCCCS(=O)(=O)N1CCCC1C(=O)N1CCC(CNC)C1.Cl. The van der Waals surface area contributed by atoms with E-state index in [9.17, 15) is 13.2 Å². The van der Waals surface area contributed by atoms with E-state index >= 15 is 0 Å². The molecule has 2 atom stereocenters. The fourth-order valence-corrected chi connectivity index (χ4v) is 5.34. The highest BCUT2D eigenvalue weighted by Crippen LogP contribution is 2.26. The fourth-order valence-electron chi connectivity index (χ4n) is 3.46. The van der Waals surface area contributed by atoms with E-state index in [-0.39, 0.29) is 24.1 Å². The van der Waals surface area contributed by atoms with E-state index in [1.54, 1.807) is 0 Å². The van der Waals surface area contributed by atoms with E-state index in [1.807, 2.05) is 18.9 Å². The summed E-state index contributed by atoms with van der Waals surface area (Å²) < 4.78 is 26.3. The van der Waals surface area contributed by atoms with Crippen molar-refractivity contribution >= 4 is 28.3 Å². The maximum atomic E-state index is 12.7. The van der Waals surface area contributed by atoms with Gasteiger partial charge in [0.15, 0.2) is 0 Å². The molecule has 0 aliphatic carbocycles. The van der Waals surface area contributed by atoms with Gasteiger partial charge in [-0.05, 0) is 45.2 Å². The zero-order chi connectivity index (χ0) is 16.2. The van der Waals surface area contributed by atoms with Crippen molar-refractivity contribution in [2.75, 3.05) is 39.0 Å². The van der Waals surface area contributed by atoms with Crippen molar-refractivity contribution in [3.63, 3.8) is 0 Å².